The molecule has 0 bridgehead atoms. The lowest BCUT2D eigenvalue weighted by molar-refractivity contribution is 0.0495. The number of rotatable bonds is 5. The number of ether oxygens (including phenoxy) is 1. The van der Waals surface area contributed by atoms with E-state index in [4.69, 9.17) is 10.5 Å². The Morgan fingerprint density at radius 1 is 1.41 bits per heavy atom. The van der Waals surface area contributed by atoms with Crippen molar-refractivity contribution in [2.24, 2.45) is 5.73 Å². The number of nitrogens with one attached hydrogen (secondary N) is 1. The van der Waals surface area contributed by atoms with Crippen LogP contribution in [0.4, 0.5) is 0 Å². The highest BCUT2D eigenvalue weighted by Crippen LogP contribution is 2.21. The van der Waals surface area contributed by atoms with Crippen LogP contribution in [-0.4, -0.2) is 51.1 Å². The third-order valence-electron chi connectivity index (χ3n) is 3.29. The summed E-state index contributed by atoms with van der Waals surface area (Å²) in [7, 11) is -1.92. The molecule has 1 fully saturated rings. The van der Waals surface area contributed by atoms with Crippen molar-refractivity contribution in [3.8, 4) is 0 Å². The van der Waals surface area contributed by atoms with E-state index in [1.54, 1.807) is 7.05 Å². The molecule has 0 atom stereocenters. The molecule has 6 nitrogen and oxygen atoms in total. The number of hydrogen-bond acceptors (Lipinski definition) is 4. The molecular formula is C10H23N3O3S. The van der Waals surface area contributed by atoms with Crippen LogP contribution in [-0.2, 0) is 14.9 Å². The molecule has 0 amide bonds. The lowest BCUT2D eigenvalue weighted by Crippen LogP contribution is -2.59. The van der Waals surface area contributed by atoms with Crippen LogP contribution in [0.3, 0.4) is 0 Å². The van der Waals surface area contributed by atoms with Crippen LogP contribution >= 0.6 is 0 Å². The third-order valence-corrected chi connectivity index (χ3v) is 5.16. The highest BCUT2D eigenvalue weighted by Gasteiger charge is 2.37. The quantitative estimate of drug-likeness (QED) is 0.713. The van der Waals surface area contributed by atoms with E-state index < -0.39 is 15.7 Å². The maximum absolute atomic E-state index is 12.1. The molecule has 0 aromatic heterocycles. The van der Waals surface area contributed by atoms with Crippen LogP contribution in [0.2, 0.25) is 0 Å². The fourth-order valence-corrected chi connectivity index (χ4v) is 3.27. The van der Waals surface area contributed by atoms with E-state index in [9.17, 15) is 8.42 Å². The molecule has 3 N–H and O–H groups in total. The summed E-state index contributed by atoms with van der Waals surface area (Å²) in [5.41, 5.74) is 5.17. The Hall–Kier alpha value is -0.210. The van der Waals surface area contributed by atoms with Gasteiger partial charge in [0, 0.05) is 32.8 Å². The van der Waals surface area contributed by atoms with E-state index in [0.717, 1.165) is 0 Å². The predicted molar refractivity (Wildman–Crippen MR) is 66.8 cm³/mol. The SMILES string of the molecule is CC(C)N(C)S(=O)(=O)NC1(CN)CCOCC1. The van der Waals surface area contributed by atoms with Gasteiger partial charge in [-0.05, 0) is 26.7 Å². The highest BCUT2D eigenvalue weighted by molar-refractivity contribution is 7.87. The van der Waals surface area contributed by atoms with Crippen LogP contribution in [0.15, 0.2) is 0 Å². The van der Waals surface area contributed by atoms with E-state index in [1.807, 2.05) is 13.8 Å². The van der Waals surface area contributed by atoms with Crippen molar-refractivity contribution in [3.63, 3.8) is 0 Å². The van der Waals surface area contributed by atoms with E-state index in [2.05, 4.69) is 4.72 Å². The molecule has 0 aromatic rings. The van der Waals surface area contributed by atoms with Gasteiger partial charge in [0.05, 0.1) is 5.54 Å². The van der Waals surface area contributed by atoms with Gasteiger partial charge in [-0.1, -0.05) is 0 Å². The Bertz CT molecular complexity index is 337. The minimum Gasteiger partial charge on any atom is -0.381 e. The summed E-state index contributed by atoms with van der Waals surface area (Å²) < 4.78 is 33.5. The zero-order valence-electron chi connectivity index (χ0n) is 10.8. The van der Waals surface area contributed by atoms with Gasteiger partial charge in [-0.3, -0.25) is 0 Å². The summed E-state index contributed by atoms with van der Waals surface area (Å²) >= 11 is 0. The lowest BCUT2D eigenvalue weighted by atomic mass is 9.92. The summed E-state index contributed by atoms with van der Waals surface area (Å²) in [6.45, 7) is 5.05. The van der Waals surface area contributed by atoms with E-state index >= 15 is 0 Å². The fraction of sp³-hybridized carbons (Fsp3) is 1.00. The first-order valence-electron chi connectivity index (χ1n) is 5.88. The highest BCUT2D eigenvalue weighted by atomic mass is 32.2. The molecule has 0 aliphatic carbocycles. The first kappa shape index (κ1) is 14.8. The average Bonchev–Trinajstić information content (AvgIpc) is 2.28. The molecule has 7 heteroatoms. The largest absolute Gasteiger partial charge is 0.381 e. The second-order valence-corrected chi connectivity index (χ2v) is 6.54. The molecule has 0 aromatic carbocycles. The normalized spacial score (nSPS) is 21.1. The standard InChI is InChI=1S/C10H23N3O3S/c1-9(2)13(3)17(14,15)12-10(8-11)4-6-16-7-5-10/h9,12H,4-8,11H2,1-3H3. The molecule has 1 saturated heterocycles. The maximum Gasteiger partial charge on any atom is 0.279 e. The zero-order chi connectivity index (χ0) is 13.1. The molecular weight excluding hydrogens is 242 g/mol. The smallest absolute Gasteiger partial charge is 0.279 e. The van der Waals surface area contributed by atoms with Crippen molar-refractivity contribution in [2.45, 2.75) is 38.3 Å². The zero-order valence-corrected chi connectivity index (χ0v) is 11.6. The predicted octanol–water partition coefficient (Wildman–Crippen LogP) is -0.331. The molecule has 1 rings (SSSR count). The second-order valence-electron chi connectivity index (χ2n) is 4.81. The van der Waals surface area contributed by atoms with Crippen molar-refractivity contribution in [1.82, 2.24) is 9.03 Å². The van der Waals surface area contributed by atoms with Crippen molar-refractivity contribution < 1.29 is 13.2 Å². The molecule has 0 saturated carbocycles. The van der Waals surface area contributed by atoms with Crippen LogP contribution < -0.4 is 10.5 Å². The van der Waals surface area contributed by atoms with E-state index in [0.29, 0.717) is 32.6 Å². The van der Waals surface area contributed by atoms with Gasteiger partial charge < -0.3 is 10.5 Å². The van der Waals surface area contributed by atoms with Gasteiger partial charge in [-0.2, -0.15) is 17.4 Å². The van der Waals surface area contributed by atoms with Crippen molar-refractivity contribution in [1.29, 1.82) is 0 Å². The summed E-state index contributed by atoms with van der Waals surface area (Å²) in [5.74, 6) is 0. The van der Waals surface area contributed by atoms with Crippen molar-refractivity contribution in [2.75, 3.05) is 26.8 Å². The summed E-state index contributed by atoms with van der Waals surface area (Å²) in [6.07, 6.45) is 1.24. The molecule has 0 spiro atoms. The molecule has 17 heavy (non-hydrogen) atoms. The Balaban J connectivity index is 2.80. The molecule has 102 valence electrons. The van der Waals surface area contributed by atoms with E-state index in [1.165, 1.54) is 4.31 Å². The monoisotopic (exact) mass is 265 g/mol. The van der Waals surface area contributed by atoms with Gasteiger partial charge in [-0.25, -0.2) is 0 Å². The molecule has 1 aliphatic rings. The van der Waals surface area contributed by atoms with E-state index in [-0.39, 0.29) is 6.04 Å². The first-order valence-corrected chi connectivity index (χ1v) is 7.32. The van der Waals surface area contributed by atoms with Crippen molar-refractivity contribution in [3.05, 3.63) is 0 Å². The summed E-state index contributed by atoms with van der Waals surface area (Å²) in [4.78, 5) is 0. The number of nitrogens with two attached hydrogens (primary N) is 1. The maximum atomic E-state index is 12.1. The first-order chi connectivity index (χ1) is 7.83. The molecule has 0 radical (unpaired) electrons. The van der Waals surface area contributed by atoms with Crippen molar-refractivity contribution >= 4 is 10.2 Å². The van der Waals surface area contributed by atoms with Crippen LogP contribution in [0.1, 0.15) is 26.7 Å². The minimum atomic E-state index is -3.48. The van der Waals surface area contributed by atoms with Gasteiger partial charge in [-0.15, -0.1) is 0 Å². The Morgan fingerprint density at radius 3 is 2.35 bits per heavy atom. The Labute approximate surface area is 104 Å². The number of nitrogens with zero attached hydrogens (tertiary/aromatic N) is 1. The number of hydrogen-bond donors (Lipinski definition) is 2. The van der Waals surface area contributed by atoms with Gasteiger partial charge in [0.15, 0.2) is 0 Å². The summed E-state index contributed by atoms with van der Waals surface area (Å²) in [6, 6.07) is -0.0813. The average molecular weight is 265 g/mol. The van der Waals surface area contributed by atoms with Gasteiger partial charge in [0.2, 0.25) is 0 Å². The molecule has 1 heterocycles. The van der Waals surface area contributed by atoms with Gasteiger partial charge in [0.25, 0.3) is 10.2 Å². The van der Waals surface area contributed by atoms with Crippen LogP contribution in [0, 0.1) is 0 Å². The van der Waals surface area contributed by atoms with Crippen LogP contribution in [0.25, 0.3) is 0 Å². The third kappa shape index (κ3) is 3.62. The summed E-state index contributed by atoms with van der Waals surface area (Å²) in [5, 5.41) is 0. The van der Waals surface area contributed by atoms with Gasteiger partial charge >= 0.3 is 0 Å². The molecule has 0 unspecified atom stereocenters. The molecule has 1 aliphatic heterocycles. The lowest BCUT2D eigenvalue weighted by Gasteiger charge is -2.38. The van der Waals surface area contributed by atoms with Crippen LogP contribution in [0.5, 0.6) is 0 Å². The fourth-order valence-electron chi connectivity index (χ4n) is 1.73. The Morgan fingerprint density at radius 2 is 1.94 bits per heavy atom. The topological polar surface area (TPSA) is 84.7 Å². The Kier molecular flexibility index (Phi) is 4.91. The van der Waals surface area contributed by atoms with Gasteiger partial charge in [0.1, 0.15) is 0 Å². The second kappa shape index (κ2) is 5.62. The minimum absolute atomic E-state index is 0.0813.